The molecule has 11 heteroatoms. The minimum atomic E-state index is -1.06. The molecule has 2 amide bonds. The Balaban J connectivity index is 1.50. The van der Waals surface area contributed by atoms with Crippen LogP contribution in [0.15, 0.2) is 75.8 Å². The van der Waals surface area contributed by atoms with Crippen molar-refractivity contribution in [2.24, 2.45) is 5.10 Å². The first-order chi connectivity index (χ1) is 18.7. The van der Waals surface area contributed by atoms with Gasteiger partial charge in [0.05, 0.1) is 46.9 Å². The number of carboxylic acid groups (broad SMARTS) is 1. The van der Waals surface area contributed by atoms with E-state index in [1.165, 1.54) is 43.5 Å². The standard InChI is InChI=1S/C28H24BrN3O7/c1-16-20(27(34)32(31-16)19-10-8-18(9-11-19)28(35)36)12-17-13-21(29)26(24(14-17)38-3)39-15-25(33)30-22-6-4-5-7-23(22)37-2/h4-14H,15H2,1-3H3,(H,30,33)(H,35,36)/b20-12+. The summed E-state index contributed by atoms with van der Waals surface area (Å²) >= 11 is 3.47. The molecule has 0 aliphatic carbocycles. The maximum atomic E-state index is 13.1. The molecule has 0 saturated carbocycles. The molecule has 0 saturated heterocycles. The van der Waals surface area contributed by atoms with Crippen molar-refractivity contribution in [1.82, 2.24) is 0 Å². The summed E-state index contributed by atoms with van der Waals surface area (Å²) in [7, 11) is 2.99. The van der Waals surface area contributed by atoms with E-state index in [0.29, 0.717) is 49.9 Å². The number of nitrogens with one attached hydrogen (secondary N) is 1. The highest BCUT2D eigenvalue weighted by Gasteiger charge is 2.29. The van der Waals surface area contributed by atoms with Crippen molar-refractivity contribution in [3.8, 4) is 17.2 Å². The summed E-state index contributed by atoms with van der Waals surface area (Å²) < 4.78 is 17.0. The molecule has 0 unspecified atom stereocenters. The maximum Gasteiger partial charge on any atom is 0.335 e. The molecule has 1 aliphatic rings. The van der Waals surface area contributed by atoms with E-state index in [4.69, 9.17) is 19.3 Å². The van der Waals surface area contributed by atoms with Crippen LogP contribution in [0.1, 0.15) is 22.8 Å². The zero-order chi connectivity index (χ0) is 28.1. The maximum absolute atomic E-state index is 13.1. The lowest BCUT2D eigenvalue weighted by Gasteiger charge is -2.15. The quantitative estimate of drug-likeness (QED) is 0.335. The van der Waals surface area contributed by atoms with E-state index in [2.05, 4.69) is 26.3 Å². The number of aromatic carboxylic acids is 1. The second kappa shape index (κ2) is 11.8. The summed E-state index contributed by atoms with van der Waals surface area (Å²) in [5.74, 6) is -0.615. The number of carbonyl (C=O) groups excluding carboxylic acids is 2. The third kappa shape index (κ3) is 6.10. The van der Waals surface area contributed by atoms with Crippen LogP contribution < -0.4 is 24.5 Å². The molecule has 3 aromatic carbocycles. The van der Waals surface area contributed by atoms with E-state index < -0.39 is 5.97 Å². The number of methoxy groups -OCH3 is 2. The van der Waals surface area contributed by atoms with Crippen molar-refractivity contribution in [2.75, 3.05) is 31.2 Å². The monoisotopic (exact) mass is 593 g/mol. The van der Waals surface area contributed by atoms with Crippen molar-refractivity contribution in [2.45, 2.75) is 6.92 Å². The van der Waals surface area contributed by atoms with Crippen molar-refractivity contribution >= 4 is 56.9 Å². The summed E-state index contributed by atoms with van der Waals surface area (Å²) in [5, 5.41) is 17.4. The molecule has 1 aliphatic heterocycles. The van der Waals surface area contributed by atoms with E-state index in [-0.39, 0.29) is 24.0 Å². The van der Waals surface area contributed by atoms with Crippen LogP contribution in [0.5, 0.6) is 17.2 Å². The van der Waals surface area contributed by atoms with Gasteiger partial charge in [0.15, 0.2) is 18.1 Å². The number of carbonyl (C=O) groups is 3. The molecule has 39 heavy (non-hydrogen) atoms. The third-order valence-electron chi connectivity index (χ3n) is 5.71. The topological polar surface area (TPSA) is 127 Å². The summed E-state index contributed by atoms with van der Waals surface area (Å²) in [6, 6.07) is 16.3. The van der Waals surface area contributed by atoms with E-state index >= 15 is 0 Å². The Bertz CT molecular complexity index is 1500. The largest absolute Gasteiger partial charge is 0.495 e. The molecule has 0 spiro atoms. The fourth-order valence-corrected chi connectivity index (χ4v) is 4.38. The van der Waals surface area contributed by atoms with E-state index in [1.807, 2.05) is 0 Å². The zero-order valence-electron chi connectivity index (χ0n) is 21.2. The first kappa shape index (κ1) is 27.4. The van der Waals surface area contributed by atoms with Crippen molar-refractivity contribution in [3.05, 3.63) is 81.8 Å². The van der Waals surface area contributed by atoms with Gasteiger partial charge in [-0.1, -0.05) is 12.1 Å². The smallest absolute Gasteiger partial charge is 0.335 e. The van der Waals surface area contributed by atoms with E-state index in [0.717, 1.165) is 0 Å². The number of halogens is 1. The molecule has 2 N–H and O–H groups in total. The van der Waals surface area contributed by atoms with Crippen LogP contribution in [0.2, 0.25) is 0 Å². The zero-order valence-corrected chi connectivity index (χ0v) is 22.8. The molecular formula is C28H24BrN3O7. The van der Waals surface area contributed by atoms with Gasteiger partial charge in [-0.05, 0) is 83.0 Å². The van der Waals surface area contributed by atoms with Gasteiger partial charge >= 0.3 is 5.97 Å². The molecule has 0 atom stereocenters. The molecule has 0 aromatic heterocycles. The summed E-state index contributed by atoms with van der Waals surface area (Å²) in [6.45, 7) is 1.42. The second-order valence-corrected chi connectivity index (χ2v) is 9.14. The summed E-state index contributed by atoms with van der Waals surface area (Å²) in [5.41, 5.74) is 2.55. The normalized spacial score (nSPS) is 13.7. The highest BCUT2D eigenvalue weighted by atomic mass is 79.9. The molecule has 4 rings (SSSR count). The third-order valence-corrected chi connectivity index (χ3v) is 6.30. The Hall–Kier alpha value is -4.64. The fourth-order valence-electron chi connectivity index (χ4n) is 3.81. The first-order valence-electron chi connectivity index (χ1n) is 11.6. The Kier molecular flexibility index (Phi) is 8.30. The number of hydrogen-bond acceptors (Lipinski definition) is 7. The van der Waals surface area contributed by atoms with Crippen LogP contribution in [0, 0.1) is 0 Å². The molecular weight excluding hydrogens is 570 g/mol. The van der Waals surface area contributed by atoms with Gasteiger partial charge in [-0.15, -0.1) is 0 Å². The molecule has 0 fully saturated rings. The number of hydrazone groups is 1. The second-order valence-electron chi connectivity index (χ2n) is 8.28. The molecule has 1 heterocycles. The summed E-state index contributed by atoms with van der Waals surface area (Å²) in [4.78, 5) is 36.7. The van der Waals surface area contributed by atoms with Crippen molar-refractivity contribution in [1.29, 1.82) is 0 Å². The molecule has 0 radical (unpaired) electrons. The number of para-hydroxylation sites is 2. The van der Waals surface area contributed by atoms with Gasteiger partial charge in [0.25, 0.3) is 11.8 Å². The number of benzene rings is 3. The molecule has 3 aromatic rings. The van der Waals surface area contributed by atoms with Crippen LogP contribution in [0.4, 0.5) is 11.4 Å². The number of ether oxygens (including phenoxy) is 3. The molecule has 10 nitrogen and oxygen atoms in total. The fraction of sp³-hybridized carbons (Fsp3) is 0.143. The predicted octanol–water partition coefficient (Wildman–Crippen LogP) is 4.99. The van der Waals surface area contributed by atoms with Crippen LogP contribution >= 0.6 is 15.9 Å². The van der Waals surface area contributed by atoms with Crippen molar-refractivity contribution < 1.29 is 33.7 Å². The highest BCUT2D eigenvalue weighted by molar-refractivity contribution is 9.10. The SMILES string of the molecule is COc1ccccc1NC(=O)COc1c(Br)cc(/C=C2/C(=O)N(c3ccc(C(=O)O)cc3)N=C2C)cc1OC. The number of rotatable bonds is 9. The van der Waals surface area contributed by atoms with Gasteiger partial charge < -0.3 is 24.6 Å². The predicted molar refractivity (Wildman–Crippen MR) is 150 cm³/mol. The Morgan fingerprint density at radius 3 is 2.41 bits per heavy atom. The Labute approximate surface area is 232 Å². The van der Waals surface area contributed by atoms with Gasteiger partial charge in [-0.2, -0.15) is 10.1 Å². The minimum Gasteiger partial charge on any atom is -0.495 e. The number of nitrogens with zero attached hydrogens (tertiary/aromatic N) is 2. The van der Waals surface area contributed by atoms with Crippen LogP contribution in [-0.4, -0.2) is 49.4 Å². The number of hydrogen-bond donors (Lipinski definition) is 2. The molecule has 200 valence electrons. The van der Waals surface area contributed by atoms with Gasteiger partial charge in [-0.25, -0.2) is 4.79 Å². The number of carboxylic acids is 1. The molecule has 0 bridgehead atoms. The van der Waals surface area contributed by atoms with Gasteiger partial charge in [0, 0.05) is 0 Å². The lowest BCUT2D eigenvalue weighted by molar-refractivity contribution is -0.118. The Morgan fingerprint density at radius 1 is 1.05 bits per heavy atom. The van der Waals surface area contributed by atoms with Gasteiger partial charge in [0.2, 0.25) is 0 Å². The van der Waals surface area contributed by atoms with E-state index in [1.54, 1.807) is 49.4 Å². The first-order valence-corrected chi connectivity index (χ1v) is 12.4. The van der Waals surface area contributed by atoms with Crippen LogP contribution in [0.3, 0.4) is 0 Å². The van der Waals surface area contributed by atoms with E-state index in [9.17, 15) is 14.4 Å². The highest BCUT2D eigenvalue weighted by Crippen LogP contribution is 2.38. The number of amides is 2. The average Bonchev–Trinajstić information content (AvgIpc) is 3.20. The van der Waals surface area contributed by atoms with Crippen LogP contribution in [0.25, 0.3) is 6.08 Å². The Morgan fingerprint density at radius 2 is 1.74 bits per heavy atom. The van der Waals surface area contributed by atoms with Crippen LogP contribution in [-0.2, 0) is 9.59 Å². The van der Waals surface area contributed by atoms with Crippen molar-refractivity contribution in [3.63, 3.8) is 0 Å². The lowest BCUT2D eigenvalue weighted by Crippen LogP contribution is -2.21. The lowest BCUT2D eigenvalue weighted by atomic mass is 10.1. The van der Waals surface area contributed by atoms with Gasteiger partial charge in [0.1, 0.15) is 5.75 Å². The van der Waals surface area contributed by atoms with Gasteiger partial charge in [-0.3, -0.25) is 9.59 Å². The summed E-state index contributed by atoms with van der Waals surface area (Å²) in [6.07, 6.45) is 1.66. The average molecular weight is 594 g/mol. The minimum absolute atomic E-state index is 0.110. The number of anilines is 2.